The molecule has 2 rings (SSSR count). The van der Waals surface area contributed by atoms with Crippen LogP contribution in [0, 0.1) is 6.92 Å². The van der Waals surface area contributed by atoms with Gasteiger partial charge in [0.25, 0.3) is 0 Å². The molecule has 0 saturated carbocycles. The molecule has 0 aliphatic heterocycles. The molecular weight excluding hydrogens is 226 g/mol. The Labute approximate surface area is 98.7 Å². The molecule has 84 valence electrons. The maximum Gasteiger partial charge on any atom is 0.247 e. The third-order valence-corrected chi connectivity index (χ3v) is 2.40. The van der Waals surface area contributed by atoms with Gasteiger partial charge < -0.3 is 4.42 Å². The van der Waals surface area contributed by atoms with Crippen LogP contribution in [0.5, 0.6) is 0 Å². The smallest absolute Gasteiger partial charge is 0.247 e. The number of hydrogen-bond donors (Lipinski definition) is 0. The van der Waals surface area contributed by atoms with Gasteiger partial charge in [0.1, 0.15) is 0 Å². The first-order chi connectivity index (χ1) is 7.79. The summed E-state index contributed by atoms with van der Waals surface area (Å²) in [6.45, 7) is 1.92. The third kappa shape index (κ3) is 2.58. The monoisotopic (exact) mass is 237 g/mol. The summed E-state index contributed by atoms with van der Waals surface area (Å²) in [5, 5.41) is 7.96. The highest BCUT2D eigenvalue weighted by atomic mass is 35.5. The van der Waals surface area contributed by atoms with Crippen molar-refractivity contribution in [2.75, 3.05) is 5.88 Å². The van der Waals surface area contributed by atoms with Gasteiger partial charge in [0.2, 0.25) is 11.8 Å². The van der Waals surface area contributed by atoms with Crippen molar-refractivity contribution in [3.8, 4) is 11.5 Å². The number of halogens is 1. The molecule has 4 nitrogen and oxygen atoms in total. The molecule has 2 aromatic heterocycles. The van der Waals surface area contributed by atoms with Crippen LogP contribution in [-0.2, 0) is 6.42 Å². The normalized spacial score (nSPS) is 10.6. The van der Waals surface area contributed by atoms with Crippen LogP contribution >= 0.6 is 11.6 Å². The largest absolute Gasteiger partial charge is 0.421 e. The van der Waals surface area contributed by atoms with Crippen LogP contribution in [0.2, 0.25) is 0 Å². The lowest BCUT2D eigenvalue weighted by Gasteiger charge is -1.95. The van der Waals surface area contributed by atoms with E-state index in [4.69, 9.17) is 16.0 Å². The Kier molecular flexibility index (Phi) is 3.51. The van der Waals surface area contributed by atoms with E-state index in [1.165, 1.54) is 0 Å². The second-order valence-electron chi connectivity index (χ2n) is 3.48. The second kappa shape index (κ2) is 5.07. The standard InChI is InChI=1S/C11H12ClN3O/c1-8-7-9(4-6-13-8)11-15-14-10(16-11)3-2-5-12/h4,6-7H,2-3,5H2,1H3. The Balaban J connectivity index is 2.18. The number of aryl methyl sites for hydroxylation is 2. The van der Waals surface area contributed by atoms with Crippen LogP contribution in [0.25, 0.3) is 11.5 Å². The first-order valence-corrected chi connectivity index (χ1v) is 5.64. The first-order valence-electron chi connectivity index (χ1n) is 5.11. The molecule has 0 atom stereocenters. The maximum absolute atomic E-state index is 5.60. The lowest BCUT2D eigenvalue weighted by Crippen LogP contribution is -1.85. The summed E-state index contributed by atoms with van der Waals surface area (Å²) in [6, 6.07) is 3.77. The van der Waals surface area contributed by atoms with E-state index in [0.717, 1.165) is 24.1 Å². The van der Waals surface area contributed by atoms with Gasteiger partial charge in [0.05, 0.1) is 0 Å². The lowest BCUT2D eigenvalue weighted by molar-refractivity contribution is 0.502. The van der Waals surface area contributed by atoms with Crippen molar-refractivity contribution in [3.05, 3.63) is 29.9 Å². The highest BCUT2D eigenvalue weighted by Gasteiger charge is 2.08. The molecule has 0 aromatic carbocycles. The van der Waals surface area contributed by atoms with Crippen molar-refractivity contribution in [2.45, 2.75) is 19.8 Å². The zero-order valence-corrected chi connectivity index (χ0v) is 9.74. The summed E-state index contributed by atoms with van der Waals surface area (Å²) >= 11 is 5.60. The Morgan fingerprint density at radius 3 is 3.00 bits per heavy atom. The van der Waals surface area contributed by atoms with Crippen molar-refractivity contribution in [3.63, 3.8) is 0 Å². The van der Waals surface area contributed by atoms with Gasteiger partial charge in [-0.15, -0.1) is 21.8 Å². The number of nitrogens with zero attached hydrogens (tertiary/aromatic N) is 3. The Morgan fingerprint density at radius 1 is 1.38 bits per heavy atom. The molecule has 2 heterocycles. The van der Waals surface area contributed by atoms with E-state index < -0.39 is 0 Å². The fourth-order valence-corrected chi connectivity index (χ4v) is 1.50. The van der Waals surface area contributed by atoms with Crippen molar-refractivity contribution in [1.29, 1.82) is 0 Å². The Bertz CT molecular complexity index is 470. The average Bonchev–Trinajstić information content (AvgIpc) is 2.75. The van der Waals surface area contributed by atoms with E-state index in [-0.39, 0.29) is 0 Å². The van der Waals surface area contributed by atoms with E-state index >= 15 is 0 Å². The zero-order chi connectivity index (χ0) is 11.4. The van der Waals surface area contributed by atoms with E-state index in [9.17, 15) is 0 Å². The van der Waals surface area contributed by atoms with E-state index in [1.807, 2.05) is 19.1 Å². The molecule has 2 aromatic rings. The van der Waals surface area contributed by atoms with Crippen LogP contribution in [0.1, 0.15) is 18.0 Å². The number of pyridine rings is 1. The highest BCUT2D eigenvalue weighted by molar-refractivity contribution is 6.17. The number of hydrogen-bond acceptors (Lipinski definition) is 4. The number of aromatic nitrogens is 3. The zero-order valence-electron chi connectivity index (χ0n) is 8.98. The maximum atomic E-state index is 5.60. The van der Waals surface area contributed by atoms with Gasteiger partial charge in [-0.2, -0.15) is 0 Å². The predicted octanol–water partition coefficient (Wildman–Crippen LogP) is 2.61. The minimum absolute atomic E-state index is 0.537. The first kappa shape index (κ1) is 11.1. The molecule has 0 bridgehead atoms. The Morgan fingerprint density at radius 2 is 2.25 bits per heavy atom. The van der Waals surface area contributed by atoms with E-state index in [2.05, 4.69) is 15.2 Å². The van der Waals surface area contributed by atoms with Gasteiger partial charge in [0, 0.05) is 29.8 Å². The molecular formula is C11H12ClN3O. The summed E-state index contributed by atoms with van der Waals surface area (Å²) in [5.74, 6) is 1.77. The molecule has 0 N–H and O–H groups in total. The summed E-state index contributed by atoms with van der Waals surface area (Å²) < 4.78 is 5.52. The van der Waals surface area contributed by atoms with Gasteiger partial charge in [-0.1, -0.05) is 0 Å². The molecule has 0 spiro atoms. The number of alkyl halides is 1. The molecule has 16 heavy (non-hydrogen) atoms. The van der Waals surface area contributed by atoms with Crippen LogP contribution in [0.4, 0.5) is 0 Å². The van der Waals surface area contributed by atoms with Gasteiger partial charge in [-0.25, -0.2) is 0 Å². The molecule has 0 aliphatic carbocycles. The van der Waals surface area contributed by atoms with Gasteiger partial charge in [-0.3, -0.25) is 4.98 Å². The third-order valence-electron chi connectivity index (χ3n) is 2.13. The van der Waals surface area contributed by atoms with Gasteiger partial charge in [0.15, 0.2) is 0 Å². The van der Waals surface area contributed by atoms with E-state index in [0.29, 0.717) is 17.7 Å². The minimum Gasteiger partial charge on any atom is -0.421 e. The quantitative estimate of drug-likeness (QED) is 0.767. The molecule has 5 heteroatoms. The number of rotatable bonds is 4. The topological polar surface area (TPSA) is 51.8 Å². The molecule has 0 amide bonds. The van der Waals surface area contributed by atoms with Crippen molar-refractivity contribution in [1.82, 2.24) is 15.2 Å². The van der Waals surface area contributed by atoms with Crippen molar-refractivity contribution in [2.24, 2.45) is 0 Å². The fourth-order valence-electron chi connectivity index (χ4n) is 1.37. The fraction of sp³-hybridized carbons (Fsp3) is 0.364. The van der Waals surface area contributed by atoms with Crippen LogP contribution in [0.15, 0.2) is 22.7 Å². The average molecular weight is 238 g/mol. The van der Waals surface area contributed by atoms with E-state index in [1.54, 1.807) is 6.20 Å². The van der Waals surface area contributed by atoms with Gasteiger partial charge >= 0.3 is 0 Å². The minimum atomic E-state index is 0.537. The highest BCUT2D eigenvalue weighted by Crippen LogP contribution is 2.18. The lowest BCUT2D eigenvalue weighted by atomic mass is 10.2. The summed E-state index contributed by atoms with van der Waals surface area (Å²) in [5.41, 5.74) is 1.83. The molecule has 0 unspecified atom stereocenters. The van der Waals surface area contributed by atoms with Crippen molar-refractivity contribution < 1.29 is 4.42 Å². The summed E-state index contributed by atoms with van der Waals surface area (Å²) in [6.07, 6.45) is 3.30. The van der Waals surface area contributed by atoms with Crippen molar-refractivity contribution >= 4 is 11.6 Å². The summed E-state index contributed by atoms with van der Waals surface area (Å²) in [7, 11) is 0. The Hall–Kier alpha value is -1.42. The predicted molar refractivity (Wildman–Crippen MR) is 61.3 cm³/mol. The molecule has 0 fully saturated rings. The van der Waals surface area contributed by atoms with Crippen LogP contribution in [0.3, 0.4) is 0 Å². The summed E-state index contributed by atoms with van der Waals surface area (Å²) in [4.78, 5) is 4.11. The van der Waals surface area contributed by atoms with Crippen LogP contribution in [-0.4, -0.2) is 21.1 Å². The molecule has 0 aliphatic rings. The van der Waals surface area contributed by atoms with Crippen LogP contribution < -0.4 is 0 Å². The molecule has 0 radical (unpaired) electrons. The SMILES string of the molecule is Cc1cc(-c2nnc(CCCCl)o2)ccn1. The second-order valence-corrected chi connectivity index (χ2v) is 3.86. The van der Waals surface area contributed by atoms with Gasteiger partial charge in [-0.05, 0) is 25.5 Å². The molecule has 0 saturated heterocycles.